The van der Waals surface area contributed by atoms with Crippen molar-refractivity contribution in [2.45, 2.75) is 25.7 Å². The van der Waals surface area contributed by atoms with Crippen molar-refractivity contribution in [3.8, 4) is 5.75 Å². The SMILES string of the molecule is CN=C(NCCOCc1ccccc1)NC1CCN(c2ccccc2OC(F)F)C1. The van der Waals surface area contributed by atoms with Gasteiger partial charge in [-0.25, -0.2) is 0 Å². The quantitative estimate of drug-likeness (QED) is 0.372. The van der Waals surface area contributed by atoms with Crippen molar-refractivity contribution in [2.24, 2.45) is 4.99 Å². The molecule has 2 N–H and O–H groups in total. The van der Waals surface area contributed by atoms with E-state index in [2.05, 4.69) is 20.4 Å². The summed E-state index contributed by atoms with van der Waals surface area (Å²) < 4.78 is 35.7. The molecule has 0 saturated carbocycles. The Hall–Kier alpha value is -2.87. The van der Waals surface area contributed by atoms with Crippen LogP contribution >= 0.6 is 0 Å². The smallest absolute Gasteiger partial charge is 0.387 e. The van der Waals surface area contributed by atoms with Crippen LogP contribution in [0.15, 0.2) is 59.6 Å². The number of nitrogens with one attached hydrogen (secondary N) is 2. The summed E-state index contributed by atoms with van der Waals surface area (Å²) in [4.78, 5) is 6.31. The first kappa shape index (κ1) is 21.8. The van der Waals surface area contributed by atoms with Crippen molar-refractivity contribution in [3.63, 3.8) is 0 Å². The molecule has 1 unspecified atom stereocenters. The van der Waals surface area contributed by atoms with Crippen molar-refractivity contribution < 1.29 is 18.3 Å². The lowest BCUT2D eigenvalue weighted by molar-refractivity contribution is -0.0495. The van der Waals surface area contributed by atoms with Gasteiger partial charge in [0.25, 0.3) is 0 Å². The number of rotatable bonds is 9. The molecule has 1 aliphatic heterocycles. The van der Waals surface area contributed by atoms with Gasteiger partial charge in [-0.3, -0.25) is 4.99 Å². The number of nitrogens with zero attached hydrogens (tertiary/aromatic N) is 2. The zero-order valence-corrected chi connectivity index (χ0v) is 17.1. The topological polar surface area (TPSA) is 58.1 Å². The second-order valence-electron chi connectivity index (χ2n) is 6.96. The van der Waals surface area contributed by atoms with Crippen LogP contribution in [0.25, 0.3) is 0 Å². The fourth-order valence-electron chi connectivity index (χ4n) is 3.40. The molecule has 0 aliphatic carbocycles. The van der Waals surface area contributed by atoms with Gasteiger partial charge in [-0.15, -0.1) is 0 Å². The predicted octanol–water partition coefficient (Wildman–Crippen LogP) is 3.25. The maximum atomic E-state index is 12.7. The molecule has 2 aromatic rings. The number of hydrogen-bond acceptors (Lipinski definition) is 4. The summed E-state index contributed by atoms with van der Waals surface area (Å²) in [6.07, 6.45) is 0.869. The van der Waals surface area contributed by atoms with E-state index in [1.807, 2.05) is 41.3 Å². The maximum Gasteiger partial charge on any atom is 0.387 e. The van der Waals surface area contributed by atoms with Crippen molar-refractivity contribution in [2.75, 3.05) is 38.2 Å². The van der Waals surface area contributed by atoms with Crippen LogP contribution in [0.1, 0.15) is 12.0 Å². The van der Waals surface area contributed by atoms with E-state index in [1.165, 1.54) is 0 Å². The van der Waals surface area contributed by atoms with E-state index in [0.29, 0.717) is 38.0 Å². The third-order valence-electron chi connectivity index (χ3n) is 4.83. The molecule has 0 aromatic heterocycles. The largest absolute Gasteiger partial charge is 0.433 e. The molecule has 30 heavy (non-hydrogen) atoms. The summed E-state index contributed by atoms with van der Waals surface area (Å²) in [7, 11) is 1.72. The Morgan fingerprint density at radius 3 is 2.70 bits per heavy atom. The van der Waals surface area contributed by atoms with Crippen LogP contribution in [0.2, 0.25) is 0 Å². The van der Waals surface area contributed by atoms with Crippen molar-refractivity contribution in [1.29, 1.82) is 0 Å². The highest BCUT2D eigenvalue weighted by molar-refractivity contribution is 5.80. The molecule has 162 valence electrons. The molecular formula is C22H28F2N4O2. The molecule has 1 fully saturated rings. The third kappa shape index (κ3) is 6.59. The van der Waals surface area contributed by atoms with E-state index in [1.54, 1.807) is 25.2 Å². The zero-order chi connectivity index (χ0) is 21.2. The van der Waals surface area contributed by atoms with Crippen molar-refractivity contribution in [1.82, 2.24) is 10.6 Å². The summed E-state index contributed by atoms with van der Waals surface area (Å²) in [5, 5.41) is 6.63. The van der Waals surface area contributed by atoms with Crippen LogP contribution in [-0.4, -0.2) is 51.9 Å². The minimum absolute atomic E-state index is 0.154. The second-order valence-corrected chi connectivity index (χ2v) is 6.96. The molecule has 2 aromatic carbocycles. The number of halogens is 2. The molecule has 6 nitrogen and oxygen atoms in total. The molecule has 0 spiro atoms. The summed E-state index contributed by atoms with van der Waals surface area (Å²) in [5.74, 6) is 0.897. The predicted molar refractivity (Wildman–Crippen MR) is 114 cm³/mol. The summed E-state index contributed by atoms with van der Waals surface area (Å²) in [6.45, 7) is 0.355. The van der Waals surface area contributed by atoms with Gasteiger partial charge in [0.2, 0.25) is 0 Å². The maximum absolute atomic E-state index is 12.7. The minimum Gasteiger partial charge on any atom is -0.433 e. The Bertz CT molecular complexity index is 805. The highest BCUT2D eigenvalue weighted by Gasteiger charge is 2.25. The van der Waals surface area contributed by atoms with E-state index in [4.69, 9.17) is 4.74 Å². The molecule has 1 saturated heterocycles. The fourth-order valence-corrected chi connectivity index (χ4v) is 3.40. The molecule has 8 heteroatoms. The number of para-hydroxylation sites is 2. The summed E-state index contributed by atoms with van der Waals surface area (Å²) in [5.41, 5.74) is 1.82. The van der Waals surface area contributed by atoms with Gasteiger partial charge < -0.3 is 25.0 Å². The Balaban J connectivity index is 1.42. The Labute approximate surface area is 175 Å². The molecule has 0 radical (unpaired) electrons. The summed E-state index contributed by atoms with van der Waals surface area (Å²) >= 11 is 0. The van der Waals surface area contributed by atoms with Crippen molar-refractivity contribution >= 4 is 11.6 Å². The average Bonchev–Trinajstić information content (AvgIpc) is 3.21. The lowest BCUT2D eigenvalue weighted by atomic mass is 10.2. The fraction of sp³-hybridized carbons (Fsp3) is 0.409. The first-order valence-corrected chi connectivity index (χ1v) is 10.0. The van der Waals surface area contributed by atoms with E-state index < -0.39 is 6.61 Å². The number of hydrogen-bond donors (Lipinski definition) is 2. The van der Waals surface area contributed by atoms with Crippen LogP contribution in [0.5, 0.6) is 5.75 Å². The number of aliphatic imine (C=N–C) groups is 1. The lowest BCUT2D eigenvalue weighted by Gasteiger charge is -2.22. The normalized spacial score (nSPS) is 16.7. The van der Waals surface area contributed by atoms with Crippen LogP contribution in [-0.2, 0) is 11.3 Å². The molecule has 1 heterocycles. The van der Waals surface area contributed by atoms with Gasteiger partial charge >= 0.3 is 6.61 Å². The van der Waals surface area contributed by atoms with Gasteiger partial charge in [-0.1, -0.05) is 42.5 Å². The van der Waals surface area contributed by atoms with Crippen LogP contribution in [0.4, 0.5) is 14.5 Å². The molecule has 0 amide bonds. The Kier molecular flexibility index (Phi) is 8.26. The standard InChI is InChI=1S/C22H28F2N4O2/c1-25-22(26-12-14-29-16-17-7-3-2-4-8-17)27-18-11-13-28(15-18)19-9-5-6-10-20(19)30-21(23)24/h2-10,18,21H,11-16H2,1H3,(H2,25,26,27). The van der Waals surface area contributed by atoms with E-state index in [9.17, 15) is 8.78 Å². The number of alkyl halides is 2. The molecular weight excluding hydrogens is 390 g/mol. The molecule has 0 bridgehead atoms. The highest BCUT2D eigenvalue weighted by Crippen LogP contribution is 2.31. The Morgan fingerprint density at radius 1 is 1.17 bits per heavy atom. The number of anilines is 1. The monoisotopic (exact) mass is 418 g/mol. The van der Waals surface area contributed by atoms with E-state index in [0.717, 1.165) is 18.5 Å². The van der Waals surface area contributed by atoms with Crippen LogP contribution in [0, 0.1) is 0 Å². The molecule has 1 aliphatic rings. The second kappa shape index (κ2) is 11.3. The van der Waals surface area contributed by atoms with Gasteiger partial charge in [0.15, 0.2) is 5.96 Å². The van der Waals surface area contributed by atoms with Gasteiger partial charge in [-0.05, 0) is 24.1 Å². The summed E-state index contributed by atoms with van der Waals surface area (Å²) in [6, 6.07) is 17.1. The number of ether oxygens (including phenoxy) is 2. The van der Waals surface area contributed by atoms with Gasteiger partial charge in [0, 0.05) is 32.7 Å². The average molecular weight is 418 g/mol. The first-order chi connectivity index (χ1) is 14.7. The van der Waals surface area contributed by atoms with Crippen LogP contribution < -0.4 is 20.3 Å². The number of guanidine groups is 1. The third-order valence-corrected chi connectivity index (χ3v) is 4.83. The number of benzene rings is 2. The molecule has 3 rings (SSSR count). The van der Waals surface area contributed by atoms with Crippen LogP contribution in [0.3, 0.4) is 0 Å². The molecule has 1 atom stereocenters. The first-order valence-electron chi connectivity index (χ1n) is 10.0. The van der Waals surface area contributed by atoms with E-state index >= 15 is 0 Å². The zero-order valence-electron chi connectivity index (χ0n) is 17.1. The van der Waals surface area contributed by atoms with Gasteiger partial charge in [0.05, 0.1) is 18.9 Å². The lowest BCUT2D eigenvalue weighted by Crippen LogP contribution is -2.45. The van der Waals surface area contributed by atoms with Crippen molar-refractivity contribution in [3.05, 3.63) is 60.2 Å². The minimum atomic E-state index is -2.84. The highest BCUT2D eigenvalue weighted by atomic mass is 19.3. The Morgan fingerprint density at radius 2 is 1.93 bits per heavy atom. The van der Waals surface area contributed by atoms with E-state index in [-0.39, 0.29) is 11.8 Å². The van der Waals surface area contributed by atoms with Gasteiger partial charge in [0.1, 0.15) is 5.75 Å². The van der Waals surface area contributed by atoms with Gasteiger partial charge in [-0.2, -0.15) is 8.78 Å².